The number of thiocarbonyl (C=S) groups is 1. The van der Waals surface area contributed by atoms with Crippen molar-refractivity contribution in [3.05, 3.63) is 64.7 Å². The molecule has 2 aromatic rings. The Bertz CT molecular complexity index is 1040. The topological polar surface area (TPSA) is 52.7 Å². The lowest BCUT2D eigenvalue weighted by molar-refractivity contribution is -0.122. The number of amides is 2. The summed E-state index contributed by atoms with van der Waals surface area (Å²) in [5, 5.41) is 2.76. The molecular formula is C23H23N3O2S. The molecular weight excluding hydrogens is 382 g/mol. The maximum atomic E-state index is 13.2. The average molecular weight is 406 g/mol. The van der Waals surface area contributed by atoms with E-state index >= 15 is 0 Å². The number of carbonyl (C=O) groups is 2. The fourth-order valence-corrected chi connectivity index (χ4v) is 4.11. The first-order valence-corrected chi connectivity index (χ1v) is 10.2. The van der Waals surface area contributed by atoms with Crippen molar-refractivity contribution in [2.45, 2.75) is 26.7 Å². The summed E-state index contributed by atoms with van der Waals surface area (Å²) in [7, 11) is 0. The van der Waals surface area contributed by atoms with E-state index in [9.17, 15) is 9.59 Å². The van der Waals surface area contributed by atoms with Gasteiger partial charge in [0.15, 0.2) is 5.11 Å². The Labute approximate surface area is 176 Å². The third-order valence-corrected chi connectivity index (χ3v) is 5.77. The highest BCUT2D eigenvalue weighted by molar-refractivity contribution is 7.80. The molecule has 2 saturated heterocycles. The lowest BCUT2D eigenvalue weighted by Gasteiger charge is -2.30. The van der Waals surface area contributed by atoms with Crippen LogP contribution >= 0.6 is 12.2 Å². The molecule has 4 rings (SSSR count). The van der Waals surface area contributed by atoms with E-state index in [1.54, 1.807) is 6.08 Å². The zero-order chi connectivity index (χ0) is 20.5. The molecule has 2 fully saturated rings. The maximum Gasteiger partial charge on any atom is 0.270 e. The number of nitrogens with one attached hydrogen (secondary N) is 1. The van der Waals surface area contributed by atoms with Gasteiger partial charge in [-0.25, -0.2) is 0 Å². The average Bonchev–Trinajstić information content (AvgIpc) is 3.22. The molecule has 0 saturated carbocycles. The summed E-state index contributed by atoms with van der Waals surface area (Å²) >= 11 is 5.29. The number of hydrogen-bond acceptors (Lipinski definition) is 4. The van der Waals surface area contributed by atoms with E-state index in [0.29, 0.717) is 5.69 Å². The Morgan fingerprint density at radius 3 is 2.41 bits per heavy atom. The molecule has 6 heteroatoms. The molecule has 2 aromatic carbocycles. The van der Waals surface area contributed by atoms with Crippen LogP contribution in [0.1, 0.15) is 29.5 Å². The van der Waals surface area contributed by atoms with Crippen LogP contribution in [-0.4, -0.2) is 30.0 Å². The van der Waals surface area contributed by atoms with Gasteiger partial charge in [0.1, 0.15) is 5.57 Å². The second-order valence-corrected chi connectivity index (χ2v) is 7.87. The molecule has 1 N–H and O–H groups in total. The SMILES string of the molecule is Cc1cc(N2CCCC2)ccc1/C=C1\C(=O)NC(=S)N(c2ccccc2C)C1=O. The summed E-state index contributed by atoms with van der Waals surface area (Å²) in [4.78, 5) is 29.5. The predicted molar refractivity (Wildman–Crippen MR) is 120 cm³/mol. The van der Waals surface area contributed by atoms with Crippen molar-refractivity contribution < 1.29 is 9.59 Å². The highest BCUT2D eigenvalue weighted by atomic mass is 32.1. The van der Waals surface area contributed by atoms with Crippen LogP contribution in [0.15, 0.2) is 48.0 Å². The quantitative estimate of drug-likeness (QED) is 0.480. The Balaban J connectivity index is 1.69. The molecule has 2 heterocycles. The van der Waals surface area contributed by atoms with Crippen molar-refractivity contribution >= 4 is 46.6 Å². The molecule has 2 amide bonds. The third-order valence-electron chi connectivity index (χ3n) is 5.48. The second kappa shape index (κ2) is 7.79. The lowest BCUT2D eigenvalue weighted by Crippen LogP contribution is -2.54. The zero-order valence-corrected chi connectivity index (χ0v) is 17.4. The normalized spacial score (nSPS) is 18.6. The number of anilines is 2. The molecule has 29 heavy (non-hydrogen) atoms. The zero-order valence-electron chi connectivity index (χ0n) is 16.6. The number of para-hydroxylation sites is 1. The van der Waals surface area contributed by atoms with Gasteiger partial charge in [-0.2, -0.15) is 0 Å². The van der Waals surface area contributed by atoms with Crippen molar-refractivity contribution in [3.8, 4) is 0 Å². The highest BCUT2D eigenvalue weighted by Crippen LogP contribution is 2.27. The Kier molecular flexibility index (Phi) is 5.20. The van der Waals surface area contributed by atoms with Gasteiger partial charge >= 0.3 is 0 Å². The molecule has 2 aliphatic rings. The van der Waals surface area contributed by atoms with Crippen molar-refractivity contribution in [1.82, 2.24) is 5.32 Å². The smallest absolute Gasteiger partial charge is 0.270 e. The molecule has 0 aliphatic carbocycles. The summed E-state index contributed by atoms with van der Waals surface area (Å²) < 4.78 is 0. The molecule has 2 aliphatic heterocycles. The van der Waals surface area contributed by atoms with Crippen LogP contribution in [-0.2, 0) is 9.59 Å². The fraction of sp³-hybridized carbons (Fsp3) is 0.261. The predicted octanol–water partition coefficient (Wildman–Crippen LogP) is 3.73. The van der Waals surface area contributed by atoms with Crippen LogP contribution in [0.25, 0.3) is 6.08 Å². The van der Waals surface area contributed by atoms with Crippen molar-refractivity contribution in [2.24, 2.45) is 0 Å². The summed E-state index contributed by atoms with van der Waals surface area (Å²) in [6, 6.07) is 13.6. The van der Waals surface area contributed by atoms with Gasteiger partial charge in [0, 0.05) is 18.8 Å². The molecule has 0 aromatic heterocycles. The number of hydrogen-bond donors (Lipinski definition) is 1. The largest absolute Gasteiger partial charge is 0.372 e. The van der Waals surface area contributed by atoms with E-state index in [-0.39, 0.29) is 10.7 Å². The van der Waals surface area contributed by atoms with E-state index in [1.807, 2.05) is 44.2 Å². The minimum absolute atomic E-state index is 0.0823. The standard InChI is InChI=1S/C23H23N3O2S/c1-15-7-3-4-8-20(15)26-22(28)19(21(27)24-23(26)29)14-17-9-10-18(13-16(17)2)25-11-5-6-12-25/h3-4,7-10,13-14H,5-6,11-12H2,1-2H3,(H,24,27,29)/b19-14+. The van der Waals surface area contributed by atoms with Gasteiger partial charge in [-0.05, 0) is 79.9 Å². The summed E-state index contributed by atoms with van der Waals surface area (Å²) in [6.45, 7) is 6.06. The van der Waals surface area contributed by atoms with E-state index in [4.69, 9.17) is 12.2 Å². The monoisotopic (exact) mass is 405 g/mol. The van der Waals surface area contributed by atoms with Gasteiger partial charge in [0.05, 0.1) is 5.69 Å². The number of benzene rings is 2. The van der Waals surface area contributed by atoms with Gasteiger partial charge in [-0.3, -0.25) is 19.8 Å². The Morgan fingerprint density at radius 2 is 1.72 bits per heavy atom. The second-order valence-electron chi connectivity index (χ2n) is 7.48. The number of rotatable bonds is 3. The summed E-state index contributed by atoms with van der Waals surface area (Å²) in [5.74, 6) is -0.871. The minimum Gasteiger partial charge on any atom is -0.372 e. The van der Waals surface area contributed by atoms with Crippen LogP contribution in [0.4, 0.5) is 11.4 Å². The molecule has 0 radical (unpaired) electrons. The van der Waals surface area contributed by atoms with Gasteiger partial charge in [0.25, 0.3) is 11.8 Å². The van der Waals surface area contributed by atoms with E-state index < -0.39 is 11.8 Å². The van der Waals surface area contributed by atoms with E-state index in [1.165, 1.54) is 23.4 Å². The maximum absolute atomic E-state index is 13.2. The van der Waals surface area contributed by atoms with Crippen LogP contribution in [0.2, 0.25) is 0 Å². The number of nitrogens with zero attached hydrogens (tertiary/aromatic N) is 2. The van der Waals surface area contributed by atoms with Crippen LogP contribution in [0.3, 0.4) is 0 Å². The van der Waals surface area contributed by atoms with Crippen LogP contribution in [0.5, 0.6) is 0 Å². The first-order valence-electron chi connectivity index (χ1n) is 9.78. The number of aryl methyl sites for hydroxylation is 2. The summed E-state index contributed by atoms with van der Waals surface area (Å²) in [6.07, 6.45) is 4.09. The number of carbonyl (C=O) groups excluding carboxylic acids is 2. The first kappa shape index (κ1) is 19.3. The minimum atomic E-state index is -0.465. The van der Waals surface area contributed by atoms with E-state index in [0.717, 1.165) is 29.8 Å². The Hall–Kier alpha value is -2.99. The summed E-state index contributed by atoms with van der Waals surface area (Å²) in [5.41, 5.74) is 4.73. The van der Waals surface area contributed by atoms with Crippen LogP contribution in [0, 0.1) is 13.8 Å². The molecule has 148 valence electrons. The Morgan fingerprint density at radius 1 is 1.00 bits per heavy atom. The molecule has 0 spiro atoms. The first-order chi connectivity index (χ1) is 14.0. The van der Waals surface area contributed by atoms with Gasteiger partial charge in [-0.15, -0.1) is 0 Å². The van der Waals surface area contributed by atoms with E-state index in [2.05, 4.69) is 22.3 Å². The lowest BCUT2D eigenvalue weighted by atomic mass is 10.0. The molecule has 0 bridgehead atoms. The third kappa shape index (κ3) is 3.68. The van der Waals surface area contributed by atoms with Gasteiger partial charge in [-0.1, -0.05) is 24.3 Å². The highest BCUT2D eigenvalue weighted by Gasteiger charge is 2.35. The van der Waals surface area contributed by atoms with Crippen molar-refractivity contribution in [1.29, 1.82) is 0 Å². The van der Waals surface area contributed by atoms with Gasteiger partial charge < -0.3 is 4.90 Å². The fourth-order valence-electron chi connectivity index (χ4n) is 3.84. The van der Waals surface area contributed by atoms with Crippen LogP contribution < -0.4 is 15.1 Å². The molecule has 0 unspecified atom stereocenters. The molecule has 0 atom stereocenters. The molecule has 5 nitrogen and oxygen atoms in total. The van der Waals surface area contributed by atoms with Crippen molar-refractivity contribution in [2.75, 3.05) is 22.9 Å². The van der Waals surface area contributed by atoms with Crippen molar-refractivity contribution in [3.63, 3.8) is 0 Å². The van der Waals surface area contributed by atoms with Gasteiger partial charge in [0.2, 0.25) is 0 Å².